The molecule has 106 valence electrons. The summed E-state index contributed by atoms with van der Waals surface area (Å²) in [5, 5.41) is 0. The summed E-state index contributed by atoms with van der Waals surface area (Å²) < 4.78 is 11.3. The Labute approximate surface area is 125 Å². The molecule has 0 spiro atoms. The Morgan fingerprint density at radius 1 is 1.05 bits per heavy atom. The van der Waals surface area contributed by atoms with Crippen molar-refractivity contribution in [2.45, 2.75) is 26.3 Å². The summed E-state index contributed by atoms with van der Waals surface area (Å²) in [7, 11) is 1.67. The summed E-state index contributed by atoms with van der Waals surface area (Å²) in [6, 6.07) is 12.0. The average Bonchev–Trinajstić information content (AvgIpc) is 2.46. The van der Waals surface area contributed by atoms with E-state index in [4.69, 9.17) is 21.1 Å². The predicted octanol–water partition coefficient (Wildman–Crippen LogP) is 4.63. The first kappa shape index (κ1) is 14.7. The summed E-state index contributed by atoms with van der Waals surface area (Å²) in [5.41, 5.74) is 4.37. The van der Waals surface area contributed by atoms with Gasteiger partial charge in [0.05, 0.1) is 7.11 Å². The van der Waals surface area contributed by atoms with Gasteiger partial charge in [0.15, 0.2) is 0 Å². The third-order valence-corrected chi connectivity index (χ3v) is 3.55. The molecule has 0 aliphatic rings. The maximum atomic E-state index is 5.97. The van der Waals surface area contributed by atoms with Gasteiger partial charge in [-0.15, -0.1) is 11.6 Å². The number of para-hydroxylation sites is 1. The number of methoxy groups -OCH3 is 1. The van der Waals surface area contributed by atoms with Gasteiger partial charge in [-0.05, 0) is 36.6 Å². The van der Waals surface area contributed by atoms with Gasteiger partial charge in [0.1, 0.15) is 18.1 Å². The third kappa shape index (κ3) is 3.26. The molecule has 2 rings (SSSR count). The first-order valence-electron chi connectivity index (χ1n) is 6.56. The van der Waals surface area contributed by atoms with Crippen molar-refractivity contribution in [3.63, 3.8) is 0 Å². The Morgan fingerprint density at radius 2 is 1.70 bits per heavy atom. The molecule has 0 radical (unpaired) electrons. The van der Waals surface area contributed by atoms with Gasteiger partial charge >= 0.3 is 0 Å². The van der Waals surface area contributed by atoms with Crippen LogP contribution in [0.5, 0.6) is 11.5 Å². The lowest BCUT2D eigenvalue weighted by atomic mass is 10.1. The van der Waals surface area contributed by atoms with Crippen LogP contribution in [0.2, 0.25) is 0 Å². The van der Waals surface area contributed by atoms with Crippen molar-refractivity contribution in [1.82, 2.24) is 0 Å². The molecule has 3 heteroatoms. The van der Waals surface area contributed by atoms with Crippen LogP contribution in [0.4, 0.5) is 0 Å². The van der Waals surface area contributed by atoms with E-state index in [9.17, 15) is 0 Å². The number of rotatable bonds is 5. The van der Waals surface area contributed by atoms with Crippen LogP contribution in [-0.4, -0.2) is 7.11 Å². The summed E-state index contributed by atoms with van der Waals surface area (Å²) in [6.45, 7) is 4.58. The number of benzene rings is 2. The van der Waals surface area contributed by atoms with Crippen LogP contribution in [0.3, 0.4) is 0 Å². The molecular weight excluding hydrogens is 272 g/mol. The predicted molar refractivity (Wildman–Crippen MR) is 82.8 cm³/mol. The minimum Gasteiger partial charge on any atom is -0.496 e. The smallest absolute Gasteiger partial charge is 0.125 e. The minimum absolute atomic E-state index is 0.492. The van der Waals surface area contributed by atoms with E-state index < -0.39 is 0 Å². The Hall–Kier alpha value is -1.67. The molecule has 2 aromatic carbocycles. The fourth-order valence-corrected chi connectivity index (χ4v) is 2.47. The van der Waals surface area contributed by atoms with Gasteiger partial charge in [0.2, 0.25) is 0 Å². The van der Waals surface area contributed by atoms with Crippen molar-refractivity contribution in [3.05, 3.63) is 58.7 Å². The number of alkyl halides is 1. The van der Waals surface area contributed by atoms with E-state index in [0.717, 1.165) is 33.8 Å². The number of halogens is 1. The Bertz CT molecular complexity index is 570. The van der Waals surface area contributed by atoms with Crippen LogP contribution in [0.1, 0.15) is 22.3 Å². The standard InChI is InChI=1S/C17H19ClO2/c1-12-8-14(10-18)9-13(2)17(12)20-11-15-6-4-5-7-16(15)19-3/h4-9H,10-11H2,1-3H3. The van der Waals surface area contributed by atoms with E-state index in [0.29, 0.717) is 12.5 Å². The van der Waals surface area contributed by atoms with Gasteiger partial charge < -0.3 is 9.47 Å². The largest absolute Gasteiger partial charge is 0.496 e. The monoisotopic (exact) mass is 290 g/mol. The summed E-state index contributed by atoms with van der Waals surface area (Å²) in [5.74, 6) is 2.29. The van der Waals surface area contributed by atoms with Gasteiger partial charge in [0.25, 0.3) is 0 Å². The molecule has 0 saturated carbocycles. The molecule has 0 amide bonds. The van der Waals surface area contributed by atoms with Crippen molar-refractivity contribution in [2.75, 3.05) is 7.11 Å². The number of ether oxygens (including phenoxy) is 2. The highest BCUT2D eigenvalue weighted by molar-refractivity contribution is 6.17. The highest BCUT2D eigenvalue weighted by Gasteiger charge is 2.08. The average molecular weight is 291 g/mol. The molecule has 0 aromatic heterocycles. The maximum Gasteiger partial charge on any atom is 0.125 e. The second-order valence-corrected chi connectivity index (χ2v) is 5.06. The quantitative estimate of drug-likeness (QED) is 0.748. The van der Waals surface area contributed by atoms with Crippen LogP contribution < -0.4 is 9.47 Å². The zero-order valence-corrected chi connectivity index (χ0v) is 12.8. The molecule has 2 aromatic rings. The van der Waals surface area contributed by atoms with Crippen LogP contribution in [-0.2, 0) is 12.5 Å². The van der Waals surface area contributed by atoms with E-state index in [1.807, 2.05) is 38.1 Å². The molecule has 0 atom stereocenters. The molecule has 2 nitrogen and oxygen atoms in total. The van der Waals surface area contributed by atoms with E-state index in [1.54, 1.807) is 7.11 Å². The molecule has 0 saturated heterocycles. The summed E-state index contributed by atoms with van der Waals surface area (Å²) >= 11 is 5.88. The first-order valence-corrected chi connectivity index (χ1v) is 7.10. The fourth-order valence-electron chi connectivity index (χ4n) is 2.32. The third-order valence-electron chi connectivity index (χ3n) is 3.24. The highest BCUT2D eigenvalue weighted by Crippen LogP contribution is 2.27. The molecule has 0 bridgehead atoms. The molecule has 20 heavy (non-hydrogen) atoms. The van der Waals surface area contributed by atoms with Crippen LogP contribution >= 0.6 is 11.6 Å². The van der Waals surface area contributed by atoms with Crippen LogP contribution in [0.15, 0.2) is 36.4 Å². The number of hydrogen-bond donors (Lipinski definition) is 0. The molecule has 0 heterocycles. The van der Waals surface area contributed by atoms with E-state index >= 15 is 0 Å². The lowest BCUT2D eigenvalue weighted by Crippen LogP contribution is -2.01. The Kier molecular flexibility index (Phi) is 4.91. The second-order valence-electron chi connectivity index (χ2n) is 4.79. The van der Waals surface area contributed by atoms with E-state index in [-0.39, 0.29) is 0 Å². The molecule has 0 N–H and O–H groups in total. The molecule has 0 unspecified atom stereocenters. The minimum atomic E-state index is 0.492. The van der Waals surface area contributed by atoms with Crippen LogP contribution in [0, 0.1) is 13.8 Å². The fraction of sp³-hybridized carbons (Fsp3) is 0.294. The Balaban J connectivity index is 2.19. The van der Waals surface area contributed by atoms with Gasteiger partial charge in [0, 0.05) is 11.4 Å². The van der Waals surface area contributed by atoms with Gasteiger partial charge in [-0.3, -0.25) is 0 Å². The zero-order valence-electron chi connectivity index (χ0n) is 12.1. The van der Waals surface area contributed by atoms with E-state index in [2.05, 4.69) is 12.1 Å². The van der Waals surface area contributed by atoms with Crippen molar-refractivity contribution in [1.29, 1.82) is 0 Å². The lowest BCUT2D eigenvalue weighted by Gasteiger charge is -2.15. The van der Waals surface area contributed by atoms with Crippen molar-refractivity contribution in [3.8, 4) is 11.5 Å². The van der Waals surface area contributed by atoms with Gasteiger partial charge in [-0.1, -0.05) is 30.3 Å². The molecular formula is C17H19ClO2. The molecule has 0 aliphatic carbocycles. The zero-order chi connectivity index (χ0) is 14.5. The molecule has 0 fully saturated rings. The number of hydrogen-bond acceptors (Lipinski definition) is 2. The van der Waals surface area contributed by atoms with Crippen molar-refractivity contribution in [2.24, 2.45) is 0 Å². The maximum absolute atomic E-state index is 5.97. The Morgan fingerprint density at radius 3 is 2.30 bits per heavy atom. The van der Waals surface area contributed by atoms with Crippen molar-refractivity contribution < 1.29 is 9.47 Å². The normalized spacial score (nSPS) is 10.4. The number of aryl methyl sites for hydroxylation is 2. The lowest BCUT2D eigenvalue weighted by molar-refractivity contribution is 0.293. The summed E-state index contributed by atoms with van der Waals surface area (Å²) in [4.78, 5) is 0. The van der Waals surface area contributed by atoms with Crippen LogP contribution in [0.25, 0.3) is 0 Å². The SMILES string of the molecule is COc1ccccc1COc1c(C)cc(CCl)cc1C. The highest BCUT2D eigenvalue weighted by atomic mass is 35.5. The van der Waals surface area contributed by atoms with E-state index in [1.165, 1.54) is 0 Å². The summed E-state index contributed by atoms with van der Waals surface area (Å²) in [6.07, 6.45) is 0. The molecule has 0 aliphatic heterocycles. The van der Waals surface area contributed by atoms with Gasteiger partial charge in [-0.25, -0.2) is 0 Å². The topological polar surface area (TPSA) is 18.5 Å². The second kappa shape index (κ2) is 6.67. The van der Waals surface area contributed by atoms with Crippen molar-refractivity contribution >= 4 is 11.6 Å². The van der Waals surface area contributed by atoms with Gasteiger partial charge in [-0.2, -0.15) is 0 Å². The first-order chi connectivity index (χ1) is 9.65.